The third-order valence-electron chi connectivity index (χ3n) is 6.70. The van der Waals surface area contributed by atoms with E-state index in [-0.39, 0.29) is 22.8 Å². The molecule has 1 heterocycles. The number of fused-ring (bicyclic) bond motifs is 3. The Bertz CT molecular complexity index is 1430. The summed E-state index contributed by atoms with van der Waals surface area (Å²) < 4.78 is 127. The van der Waals surface area contributed by atoms with Crippen LogP contribution < -0.4 is 0 Å². The summed E-state index contributed by atoms with van der Waals surface area (Å²) in [6.07, 6.45) is 7.01. The number of alkyl halides is 6. The lowest BCUT2D eigenvalue weighted by molar-refractivity contribution is -0.897. The molecule has 0 radical (unpaired) electrons. The zero-order valence-corrected chi connectivity index (χ0v) is 22.2. The first-order valence-electron chi connectivity index (χ1n) is 11.7. The van der Waals surface area contributed by atoms with Crippen molar-refractivity contribution in [2.45, 2.75) is 43.6 Å². The number of sulfone groups is 2. The molecule has 1 aromatic rings. The zero-order valence-electron chi connectivity index (χ0n) is 20.6. The molecule has 1 aliphatic heterocycles. The lowest BCUT2D eigenvalue weighted by Crippen LogP contribution is -2.41. The fourth-order valence-corrected chi connectivity index (χ4v) is 7.08. The number of hydrogen-bond donors (Lipinski definition) is 1. The summed E-state index contributed by atoms with van der Waals surface area (Å²) in [5, 5.41) is 7.82. The molecule has 4 rings (SSSR count). The van der Waals surface area contributed by atoms with E-state index in [2.05, 4.69) is 14.0 Å². The summed E-state index contributed by atoms with van der Waals surface area (Å²) in [4.78, 5) is -4.38. The number of nitrogens with one attached hydrogen (secondary N) is 1. The number of halogens is 6. The predicted molar refractivity (Wildman–Crippen MR) is 132 cm³/mol. The van der Waals surface area contributed by atoms with Crippen molar-refractivity contribution in [3.05, 3.63) is 56.9 Å². The number of hydrogen-bond acceptors (Lipinski definition) is 5. The maximum atomic E-state index is 13.0. The van der Waals surface area contributed by atoms with Crippen molar-refractivity contribution in [3.63, 3.8) is 0 Å². The first-order valence-corrected chi connectivity index (χ1v) is 14.7. The number of benzene rings is 1. The number of allylic oxidation sites excluding steroid dienone is 4. The van der Waals surface area contributed by atoms with Crippen LogP contribution in [-0.2, 0) is 19.7 Å². The second-order valence-corrected chi connectivity index (χ2v) is 13.3. The van der Waals surface area contributed by atoms with Gasteiger partial charge in [0.15, 0.2) is 0 Å². The highest BCUT2D eigenvalue weighted by Crippen LogP contribution is 2.47. The highest BCUT2D eigenvalue weighted by molar-refractivity contribution is 8.00. The zero-order chi connectivity index (χ0) is 28.7. The Hall–Kier alpha value is -2.45. The van der Waals surface area contributed by atoms with E-state index in [9.17, 15) is 43.2 Å². The van der Waals surface area contributed by atoms with Crippen molar-refractivity contribution in [1.82, 2.24) is 0 Å². The molecule has 1 N–H and O–H groups in total. The van der Waals surface area contributed by atoms with Crippen LogP contribution in [0.5, 0.6) is 0 Å². The molecule has 1 saturated heterocycles. The van der Waals surface area contributed by atoms with Crippen LogP contribution in [0.1, 0.15) is 43.7 Å². The summed E-state index contributed by atoms with van der Waals surface area (Å²) in [5.74, 6) is 0. The monoisotopic (exact) mass is 585 g/mol. The van der Waals surface area contributed by atoms with E-state index in [1.807, 2.05) is 0 Å². The SMILES string of the molecule is CCCC[N+]1(C)CCCC1.N=C1C2=Cc3ccccc3C2=CC(S(=O)(=O)C(F)(F)F)=C1S(=O)(=O)C(F)(F)F. The van der Waals surface area contributed by atoms with Gasteiger partial charge < -0.3 is 4.48 Å². The van der Waals surface area contributed by atoms with E-state index < -0.39 is 51.8 Å². The fraction of sp³-hybridized carbons (Fsp3) is 0.458. The fourth-order valence-electron chi connectivity index (χ4n) is 4.62. The van der Waals surface area contributed by atoms with Crippen molar-refractivity contribution in [2.75, 3.05) is 26.7 Å². The second kappa shape index (κ2) is 10.3. The van der Waals surface area contributed by atoms with Crippen molar-refractivity contribution in [1.29, 1.82) is 5.41 Å². The maximum Gasteiger partial charge on any atom is 0.502 e. The molecule has 6 nitrogen and oxygen atoms in total. The molecule has 0 amide bonds. The number of rotatable bonds is 5. The van der Waals surface area contributed by atoms with Crippen molar-refractivity contribution >= 4 is 37.0 Å². The Morgan fingerprint density at radius 3 is 1.95 bits per heavy atom. The average molecular weight is 586 g/mol. The molecule has 14 heteroatoms. The van der Waals surface area contributed by atoms with Gasteiger partial charge in [0.05, 0.1) is 37.3 Å². The van der Waals surface area contributed by atoms with Crippen LogP contribution in [0.25, 0.3) is 11.6 Å². The molecule has 38 heavy (non-hydrogen) atoms. The topological polar surface area (TPSA) is 92.1 Å². The van der Waals surface area contributed by atoms with E-state index in [1.54, 1.807) is 0 Å². The van der Waals surface area contributed by atoms with Crippen LogP contribution in [0.15, 0.2) is 45.7 Å². The van der Waals surface area contributed by atoms with Gasteiger partial charge in [-0.2, -0.15) is 26.3 Å². The third-order valence-corrected chi connectivity index (χ3v) is 9.91. The number of nitrogens with zero attached hydrogens (tertiary/aromatic N) is 1. The number of unbranched alkanes of at least 4 members (excludes halogenated alkanes) is 1. The van der Waals surface area contributed by atoms with Crippen molar-refractivity contribution in [3.8, 4) is 0 Å². The van der Waals surface area contributed by atoms with Gasteiger partial charge in [0, 0.05) is 18.4 Å². The minimum absolute atomic E-state index is 0.153. The van der Waals surface area contributed by atoms with Gasteiger partial charge in [0.25, 0.3) is 19.7 Å². The van der Waals surface area contributed by atoms with E-state index in [1.165, 1.54) is 74.1 Å². The molecule has 0 aromatic heterocycles. The maximum absolute atomic E-state index is 13.0. The Morgan fingerprint density at radius 1 is 0.868 bits per heavy atom. The first-order chi connectivity index (χ1) is 17.4. The average Bonchev–Trinajstić information content (AvgIpc) is 3.40. The number of likely N-dealkylation sites (tertiary alicyclic amines) is 1. The van der Waals surface area contributed by atoms with Crippen molar-refractivity contribution in [2.24, 2.45) is 0 Å². The van der Waals surface area contributed by atoms with Gasteiger partial charge >= 0.3 is 11.0 Å². The standard InChI is InChI=1S/C15H7F6NO4S2.C9H20N/c16-14(17,18)27(23,24)11-6-9-8-4-2-1-3-7(8)5-10(9)12(22)13(11)28(25,26)15(19,20)21;1-3-4-7-10(2)8-5-6-9-10/h1-6,22H;3-9H2,1-2H3/q;+1. The van der Waals surface area contributed by atoms with Gasteiger partial charge in [0.1, 0.15) is 4.91 Å². The van der Waals surface area contributed by atoms with Gasteiger partial charge in [-0.1, -0.05) is 37.6 Å². The quantitative estimate of drug-likeness (QED) is 0.359. The molecule has 2 aliphatic carbocycles. The normalized spacial score (nSPS) is 19.3. The van der Waals surface area contributed by atoms with Gasteiger partial charge in [0.2, 0.25) is 0 Å². The summed E-state index contributed by atoms with van der Waals surface area (Å²) in [5.41, 5.74) is -13.9. The van der Waals surface area contributed by atoms with Crippen LogP contribution >= 0.6 is 0 Å². The summed E-state index contributed by atoms with van der Waals surface area (Å²) in [6, 6.07) is 5.69. The van der Waals surface area contributed by atoms with Gasteiger partial charge in [-0.05, 0) is 35.3 Å². The summed E-state index contributed by atoms with van der Waals surface area (Å²) >= 11 is 0. The van der Waals surface area contributed by atoms with Gasteiger partial charge in [-0.3, -0.25) is 5.41 Å². The minimum atomic E-state index is -6.58. The van der Waals surface area contributed by atoms with Crippen LogP contribution in [0.2, 0.25) is 0 Å². The molecule has 3 aliphatic rings. The van der Waals surface area contributed by atoms with E-state index >= 15 is 0 Å². The lowest BCUT2D eigenvalue weighted by Gasteiger charge is -2.28. The summed E-state index contributed by atoms with van der Waals surface area (Å²) in [6.45, 7) is 6.55. The first kappa shape index (κ1) is 30.1. The smallest absolute Gasteiger partial charge is 0.326 e. The van der Waals surface area contributed by atoms with Crippen molar-refractivity contribution < 1.29 is 47.7 Å². The molecule has 0 saturated carbocycles. The Balaban J connectivity index is 0.000000336. The van der Waals surface area contributed by atoms with Gasteiger partial charge in [-0.15, -0.1) is 0 Å². The van der Waals surface area contributed by atoms with Crippen LogP contribution in [-0.4, -0.2) is 64.7 Å². The molecule has 1 aromatic carbocycles. The largest absolute Gasteiger partial charge is 0.502 e. The highest BCUT2D eigenvalue weighted by Gasteiger charge is 2.57. The minimum Gasteiger partial charge on any atom is -0.326 e. The van der Waals surface area contributed by atoms with Crippen LogP contribution in [0.4, 0.5) is 26.3 Å². The van der Waals surface area contributed by atoms with E-state index in [4.69, 9.17) is 5.41 Å². The summed E-state index contributed by atoms with van der Waals surface area (Å²) in [7, 11) is -10.7. The molecule has 0 unspecified atom stereocenters. The molecule has 1 fully saturated rings. The molecule has 0 atom stereocenters. The molecule has 0 spiro atoms. The molecule has 210 valence electrons. The van der Waals surface area contributed by atoms with E-state index in [0.717, 1.165) is 6.08 Å². The predicted octanol–water partition coefficient (Wildman–Crippen LogP) is 5.61. The molecule has 0 bridgehead atoms. The lowest BCUT2D eigenvalue weighted by atomic mass is 9.95. The third kappa shape index (κ3) is 5.48. The Labute approximate surface area is 217 Å². The number of quaternary nitrogens is 1. The van der Waals surface area contributed by atoms with E-state index in [0.29, 0.717) is 0 Å². The van der Waals surface area contributed by atoms with Crippen LogP contribution in [0, 0.1) is 5.41 Å². The van der Waals surface area contributed by atoms with Gasteiger partial charge in [-0.25, -0.2) is 16.8 Å². The Kier molecular flexibility index (Phi) is 8.13. The molecular formula is C24H27F6N2O4S2+. The van der Waals surface area contributed by atoms with Crippen LogP contribution in [0.3, 0.4) is 0 Å². The molecular weight excluding hydrogens is 558 g/mol. The Morgan fingerprint density at radius 2 is 1.42 bits per heavy atom. The highest BCUT2D eigenvalue weighted by atomic mass is 32.2. The second-order valence-electron chi connectivity index (χ2n) is 9.52.